The maximum atomic E-state index is 12.9. The van der Waals surface area contributed by atoms with E-state index in [1.165, 1.54) is 7.11 Å². The Morgan fingerprint density at radius 1 is 1.17 bits per heavy atom. The molecule has 0 N–H and O–H groups in total. The zero-order valence-electron chi connectivity index (χ0n) is 19.0. The van der Waals surface area contributed by atoms with E-state index in [9.17, 15) is 19.2 Å². The minimum absolute atomic E-state index is 0.179. The average Bonchev–Trinajstić information content (AvgIpc) is 3.13. The number of carbonyl (C=O) groups excluding carboxylic acids is 4. The fraction of sp³-hybridized carbons (Fsp3) is 0.250. The van der Waals surface area contributed by atoms with Crippen LogP contribution in [0.15, 0.2) is 41.3 Å². The number of methoxy groups -OCH3 is 1. The highest BCUT2D eigenvalue weighted by molar-refractivity contribution is 14.1. The number of esters is 1. The number of morpholine rings is 1. The Morgan fingerprint density at radius 2 is 1.86 bits per heavy atom. The number of amides is 3. The van der Waals surface area contributed by atoms with Crippen LogP contribution in [0.25, 0.3) is 6.08 Å². The molecule has 188 valence electrons. The van der Waals surface area contributed by atoms with Crippen molar-refractivity contribution in [3.05, 3.63) is 61.0 Å². The second-order valence-electron chi connectivity index (χ2n) is 7.69. The van der Waals surface area contributed by atoms with Gasteiger partial charge in [-0.15, -0.1) is 0 Å². The third-order valence-corrected chi connectivity index (χ3v) is 7.32. The van der Waals surface area contributed by atoms with Crippen molar-refractivity contribution in [1.82, 2.24) is 9.80 Å². The van der Waals surface area contributed by atoms with Crippen LogP contribution in [-0.4, -0.2) is 72.8 Å². The molecule has 2 heterocycles. The van der Waals surface area contributed by atoms with Crippen LogP contribution in [0.5, 0.6) is 11.5 Å². The van der Waals surface area contributed by atoms with E-state index in [2.05, 4.69) is 0 Å². The van der Waals surface area contributed by atoms with Crippen molar-refractivity contribution in [1.29, 1.82) is 0 Å². The molecule has 0 aliphatic carbocycles. The number of hydrogen-bond acceptors (Lipinski definition) is 8. The van der Waals surface area contributed by atoms with Gasteiger partial charge >= 0.3 is 5.97 Å². The third-order valence-electron chi connectivity index (χ3n) is 5.35. The highest BCUT2D eigenvalue weighted by Crippen LogP contribution is 2.37. The Hall–Kier alpha value is -2.61. The molecule has 0 unspecified atom stereocenters. The van der Waals surface area contributed by atoms with Crippen LogP contribution in [0, 0.1) is 3.57 Å². The molecule has 2 aromatic rings. The van der Waals surface area contributed by atoms with Gasteiger partial charge in [0.15, 0.2) is 11.5 Å². The molecule has 2 aliphatic rings. The number of thioether (sulfide) groups is 1. The average molecular weight is 643 g/mol. The van der Waals surface area contributed by atoms with Gasteiger partial charge in [0.05, 0.1) is 34.4 Å². The topological polar surface area (TPSA) is 102 Å². The summed E-state index contributed by atoms with van der Waals surface area (Å²) in [5.41, 5.74) is 0.883. The zero-order valence-corrected chi connectivity index (χ0v) is 22.7. The predicted molar refractivity (Wildman–Crippen MR) is 142 cm³/mol. The largest absolute Gasteiger partial charge is 0.493 e. The van der Waals surface area contributed by atoms with Crippen molar-refractivity contribution < 1.29 is 33.4 Å². The summed E-state index contributed by atoms with van der Waals surface area (Å²) in [6.45, 7) is 1.40. The van der Waals surface area contributed by atoms with E-state index in [-0.39, 0.29) is 28.9 Å². The standard InChI is InChI=1S/C24H20ClIN2O7S/c1-33-18-11-14(10-17(26)21(18)35-23(31)15-2-4-16(25)5-3-15)12-19-22(30)28(24(32)36-19)13-20(29)27-6-8-34-9-7-27/h2-5,10-12H,6-9,13H2,1H3/b19-12-. The van der Waals surface area contributed by atoms with Crippen LogP contribution in [0.3, 0.4) is 0 Å². The smallest absolute Gasteiger partial charge is 0.343 e. The first-order valence-corrected chi connectivity index (χ1v) is 13.0. The predicted octanol–water partition coefficient (Wildman–Crippen LogP) is 4.07. The van der Waals surface area contributed by atoms with Gasteiger partial charge in [-0.25, -0.2) is 4.79 Å². The van der Waals surface area contributed by atoms with Crippen molar-refractivity contribution in [2.45, 2.75) is 0 Å². The lowest BCUT2D eigenvalue weighted by Crippen LogP contribution is -2.46. The van der Waals surface area contributed by atoms with Crippen LogP contribution < -0.4 is 9.47 Å². The maximum Gasteiger partial charge on any atom is 0.343 e. The molecule has 0 spiro atoms. The quantitative estimate of drug-likeness (QED) is 0.201. The first kappa shape index (κ1) is 26.5. The van der Waals surface area contributed by atoms with Crippen LogP contribution in [0.1, 0.15) is 15.9 Å². The number of halogens is 2. The molecule has 3 amide bonds. The van der Waals surface area contributed by atoms with E-state index < -0.39 is 17.1 Å². The van der Waals surface area contributed by atoms with Crippen molar-refractivity contribution in [3.63, 3.8) is 0 Å². The van der Waals surface area contributed by atoms with E-state index in [0.717, 1.165) is 16.7 Å². The summed E-state index contributed by atoms with van der Waals surface area (Å²) in [5.74, 6) is -0.929. The third kappa shape index (κ3) is 6.02. The Labute approximate surface area is 229 Å². The van der Waals surface area contributed by atoms with E-state index >= 15 is 0 Å². The molecule has 9 nitrogen and oxygen atoms in total. The summed E-state index contributed by atoms with van der Waals surface area (Å²) >= 11 is 8.63. The van der Waals surface area contributed by atoms with E-state index in [0.29, 0.717) is 46.0 Å². The number of ether oxygens (including phenoxy) is 3. The van der Waals surface area contributed by atoms with Crippen LogP contribution in [-0.2, 0) is 14.3 Å². The fourth-order valence-electron chi connectivity index (χ4n) is 3.50. The summed E-state index contributed by atoms with van der Waals surface area (Å²) in [4.78, 5) is 53.1. The monoisotopic (exact) mass is 642 g/mol. The molecule has 36 heavy (non-hydrogen) atoms. The molecule has 2 aromatic carbocycles. The van der Waals surface area contributed by atoms with Crippen LogP contribution in [0.4, 0.5) is 4.79 Å². The highest BCUT2D eigenvalue weighted by Gasteiger charge is 2.37. The van der Waals surface area contributed by atoms with Gasteiger partial charge in [-0.05, 0) is 82.4 Å². The van der Waals surface area contributed by atoms with Gasteiger partial charge in [-0.2, -0.15) is 0 Å². The summed E-state index contributed by atoms with van der Waals surface area (Å²) in [6, 6.07) is 9.58. The molecule has 2 saturated heterocycles. The van der Waals surface area contributed by atoms with Gasteiger partial charge in [0.2, 0.25) is 5.91 Å². The lowest BCUT2D eigenvalue weighted by molar-refractivity contribution is -0.139. The Balaban J connectivity index is 1.51. The van der Waals surface area contributed by atoms with E-state index in [1.807, 2.05) is 22.6 Å². The molecule has 12 heteroatoms. The summed E-state index contributed by atoms with van der Waals surface area (Å²) in [7, 11) is 1.43. The number of benzene rings is 2. The molecular weight excluding hydrogens is 623 g/mol. The molecule has 0 aromatic heterocycles. The molecule has 0 bridgehead atoms. The first-order valence-electron chi connectivity index (χ1n) is 10.7. The minimum Gasteiger partial charge on any atom is -0.493 e. The lowest BCUT2D eigenvalue weighted by Gasteiger charge is -2.28. The molecule has 0 saturated carbocycles. The van der Waals surface area contributed by atoms with Gasteiger partial charge in [0.25, 0.3) is 11.1 Å². The Morgan fingerprint density at radius 3 is 2.53 bits per heavy atom. The summed E-state index contributed by atoms with van der Waals surface area (Å²) < 4.78 is 16.8. The molecule has 2 aliphatic heterocycles. The second kappa shape index (κ2) is 11.6. The number of rotatable bonds is 6. The van der Waals surface area contributed by atoms with Crippen molar-refractivity contribution in [2.75, 3.05) is 40.0 Å². The molecule has 0 atom stereocenters. The fourth-order valence-corrected chi connectivity index (χ4v) is 5.20. The van der Waals surface area contributed by atoms with Crippen molar-refractivity contribution >= 4 is 75.1 Å². The Kier molecular flexibility index (Phi) is 8.54. The Bertz CT molecular complexity index is 1250. The summed E-state index contributed by atoms with van der Waals surface area (Å²) in [6.07, 6.45) is 1.54. The maximum absolute atomic E-state index is 12.9. The van der Waals surface area contributed by atoms with Gasteiger partial charge in [-0.1, -0.05) is 11.6 Å². The molecular formula is C24H20ClIN2O7S. The number of imide groups is 1. The number of carbonyl (C=O) groups is 4. The molecule has 0 radical (unpaired) electrons. The van der Waals surface area contributed by atoms with Crippen LogP contribution in [0.2, 0.25) is 5.02 Å². The highest BCUT2D eigenvalue weighted by atomic mass is 127. The SMILES string of the molecule is COc1cc(/C=C2\SC(=O)N(CC(=O)N3CCOCC3)C2=O)cc(I)c1OC(=O)c1ccc(Cl)cc1. The zero-order chi connectivity index (χ0) is 25.8. The molecule has 4 rings (SSSR count). The first-order chi connectivity index (χ1) is 17.3. The van der Waals surface area contributed by atoms with Gasteiger partial charge < -0.3 is 19.1 Å². The minimum atomic E-state index is -0.582. The van der Waals surface area contributed by atoms with Gasteiger partial charge in [-0.3, -0.25) is 19.3 Å². The van der Waals surface area contributed by atoms with E-state index in [4.69, 9.17) is 25.8 Å². The van der Waals surface area contributed by atoms with Crippen molar-refractivity contribution in [3.8, 4) is 11.5 Å². The van der Waals surface area contributed by atoms with Crippen LogP contribution >= 0.6 is 46.0 Å². The second-order valence-corrected chi connectivity index (χ2v) is 10.3. The number of nitrogens with zero attached hydrogens (tertiary/aromatic N) is 2. The van der Waals surface area contributed by atoms with E-state index in [1.54, 1.807) is 47.4 Å². The summed E-state index contributed by atoms with van der Waals surface area (Å²) in [5, 5.41) is -0.0130. The van der Waals surface area contributed by atoms with Gasteiger partial charge in [0.1, 0.15) is 6.54 Å². The van der Waals surface area contributed by atoms with Gasteiger partial charge in [0, 0.05) is 18.1 Å². The lowest BCUT2D eigenvalue weighted by atomic mass is 10.1. The molecule has 2 fully saturated rings. The van der Waals surface area contributed by atoms with Crippen molar-refractivity contribution in [2.24, 2.45) is 0 Å². The normalized spacial score (nSPS) is 17.0. The number of hydrogen-bond donors (Lipinski definition) is 0.